The van der Waals surface area contributed by atoms with Crippen LogP contribution in [0.5, 0.6) is 0 Å². The van der Waals surface area contributed by atoms with Crippen LogP contribution in [0.25, 0.3) is 0 Å². The number of benzene rings is 2. The van der Waals surface area contributed by atoms with Crippen LogP contribution in [0.2, 0.25) is 0 Å². The highest BCUT2D eigenvalue weighted by molar-refractivity contribution is 7.92. The van der Waals surface area contributed by atoms with Gasteiger partial charge in [0.1, 0.15) is 5.76 Å². The number of amides is 1. The fourth-order valence-electron chi connectivity index (χ4n) is 2.56. The number of sulfonamides is 1. The normalized spacial score (nSPS) is 11.2. The first-order valence-electron chi connectivity index (χ1n) is 8.73. The molecule has 1 amide bonds. The van der Waals surface area contributed by atoms with Gasteiger partial charge in [-0.3, -0.25) is 9.52 Å². The molecule has 2 N–H and O–H groups in total. The van der Waals surface area contributed by atoms with E-state index in [4.69, 9.17) is 4.52 Å². The molecule has 2 aromatic carbocycles. The summed E-state index contributed by atoms with van der Waals surface area (Å²) in [7, 11) is -3.78. The summed E-state index contributed by atoms with van der Waals surface area (Å²) in [6, 6.07) is 15.5. The van der Waals surface area contributed by atoms with Crippen molar-refractivity contribution in [3.8, 4) is 0 Å². The molecule has 146 valence electrons. The van der Waals surface area contributed by atoms with Gasteiger partial charge in [0.2, 0.25) is 5.91 Å². The summed E-state index contributed by atoms with van der Waals surface area (Å²) >= 11 is 0. The predicted molar refractivity (Wildman–Crippen MR) is 107 cm³/mol. The molecule has 28 heavy (non-hydrogen) atoms. The minimum atomic E-state index is -3.78. The van der Waals surface area contributed by atoms with Crippen LogP contribution in [0.3, 0.4) is 0 Å². The summed E-state index contributed by atoms with van der Waals surface area (Å²) < 4.78 is 31.9. The first-order chi connectivity index (χ1) is 13.3. The van der Waals surface area contributed by atoms with E-state index in [1.807, 2.05) is 31.2 Å². The summed E-state index contributed by atoms with van der Waals surface area (Å²) in [5.74, 6) is 0.486. The summed E-state index contributed by atoms with van der Waals surface area (Å²) in [6.45, 7) is 3.68. The molecular weight excluding hydrogens is 378 g/mol. The Morgan fingerprint density at radius 2 is 1.71 bits per heavy atom. The quantitative estimate of drug-likeness (QED) is 0.631. The molecule has 0 unspecified atom stereocenters. The van der Waals surface area contributed by atoms with Gasteiger partial charge in [-0.1, -0.05) is 35.0 Å². The fourth-order valence-corrected chi connectivity index (χ4v) is 3.55. The second-order valence-electron chi connectivity index (χ2n) is 6.49. The van der Waals surface area contributed by atoms with Gasteiger partial charge >= 0.3 is 0 Å². The van der Waals surface area contributed by atoms with Crippen molar-refractivity contribution in [3.63, 3.8) is 0 Å². The maximum absolute atomic E-state index is 12.3. The number of rotatable bonds is 7. The lowest BCUT2D eigenvalue weighted by Gasteiger charge is -2.08. The molecule has 0 radical (unpaired) electrons. The smallest absolute Gasteiger partial charge is 0.263 e. The number of nitrogens with one attached hydrogen (secondary N) is 2. The summed E-state index contributed by atoms with van der Waals surface area (Å²) in [6.07, 6.45) is 0.982. The van der Waals surface area contributed by atoms with Crippen LogP contribution in [0.4, 0.5) is 11.5 Å². The van der Waals surface area contributed by atoms with E-state index < -0.39 is 10.0 Å². The molecule has 0 aliphatic carbocycles. The molecule has 1 aromatic heterocycles. The van der Waals surface area contributed by atoms with Crippen molar-refractivity contribution in [2.24, 2.45) is 0 Å². The topological polar surface area (TPSA) is 101 Å². The van der Waals surface area contributed by atoms with Gasteiger partial charge in [-0.05, 0) is 50.1 Å². The van der Waals surface area contributed by atoms with E-state index in [1.165, 1.54) is 23.8 Å². The second-order valence-corrected chi connectivity index (χ2v) is 8.17. The van der Waals surface area contributed by atoms with Crippen molar-refractivity contribution >= 4 is 27.4 Å². The maximum Gasteiger partial charge on any atom is 0.263 e. The first-order valence-corrected chi connectivity index (χ1v) is 10.2. The van der Waals surface area contributed by atoms with Gasteiger partial charge in [0.15, 0.2) is 5.82 Å². The molecular formula is C20H21N3O4S. The molecule has 0 aliphatic heterocycles. The zero-order valence-electron chi connectivity index (χ0n) is 15.6. The Morgan fingerprint density at radius 3 is 2.32 bits per heavy atom. The largest absolute Gasteiger partial charge is 0.360 e. The second kappa shape index (κ2) is 8.26. The predicted octanol–water partition coefficient (Wildman–Crippen LogP) is 3.66. The van der Waals surface area contributed by atoms with Crippen molar-refractivity contribution < 1.29 is 17.7 Å². The van der Waals surface area contributed by atoms with Crippen LogP contribution in [0.1, 0.15) is 23.3 Å². The number of anilines is 2. The standard InChI is InChI=1S/C20H21N3O4S/c1-14-3-5-16(6-4-14)7-12-20(24)21-17-8-10-18(11-9-17)28(25,26)23-19-13-15(2)27-22-19/h3-6,8-11,13H,7,12H2,1-2H3,(H,21,24)(H,22,23). The maximum atomic E-state index is 12.3. The van der Waals surface area contributed by atoms with Gasteiger partial charge in [-0.2, -0.15) is 0 Å². The number of hydrogen-bond acceptors (Lipinski definition) is 5. The number of aryl methyl sites for hydroxylation is 3. The Hall–Kier alpha value is -3.13. The van der Waals surface area contributed by atoms with Gasteiger partial charge in [0.05, 0.1) is 4.90 Å². The van der Waals surface area contributed by atoms with Crippen LogP contribution in [0, 0.1) is 13.8 Å². The summed E-state index contributed by atoms with van der Waals surface area (Å²) in [5.41, 5.74) is 2.80. The third-order valence-electron chi connectivity index (χ3n) is 4.08. The highest BCUT2D eigenvalue weighted by Gasteiger charge is 2.16. The van der Waals surface area contributed by atoms with Crippen molar-refractivity contribution in [2.45, 2.75) is 31.6 Å². The monoisotopic (exact) mass is 399 g/mol. The van der Waals surface area contributed by atoms with Crippen molar-refractivity contribution in [1.82, 2.24) is 5.16 Å². The van der Waals surface area contributed by atoms with Gasteiger partial charge < -0.3 is 9.84 Å². The lowest BCUT2D eigenvalue weighted by Crippen LogP contribution is -2.14. The molecule has 7 nitrogen and oxygen atoms in total. The average Bonchev–Trinajstić information content (AvgIpc) is 3.06. The Morgan fingerprint density at radius 1 is 1.04 bits per heavy atom. The first kappa shape index (κ1) is 19.6. The van der Waals surface area contributed by atoms with E-state index in [-0.39, 0.29) is 16.6 Å². The van der Waals surface area contributed by atoms with E-state index in [9.17, 15) is 13.2 Å². The van der Waals surface area contributed by atoms with Crippen molar-refractivity contribution in [1.29, 1.82) is 0 Å². The van der Waals surface area contributed by atoms with Gasteiger partial charge in [-0.15, -0.1) is 0 Å². The molecule has 1 heterocycles. The molecule has 0 atom stereocenters. The highest BCUT2D eigenvalue weighted by Crippen LogP contribution is 2.18. The molecule has 8 heteroatoms. The molecule has 0 saturated carbocycles. The SMILES string of the molecule is Cc1ccc(CCC(=O)Nc2ccc(S(=O)(=O)Nc3cc(C)on3)cc2)cc1. The van der Waals surface area contributed by atoms with Gasteiger partial charge in [0, 0.05) is 18.2 Å². The Bertz CT molecular complexity index is 1060. The Balaban J connectivity index is 1.57. The number of hydrogen-bond donors (Lipinski definition) is 2. The minimum Gasteiger partial charge on any atom is -0.360 e. The molecule has 0 spiro atoms. The van der Waals surface area contributed by atoms with Crippen LogP contribution in [0.15, 0.2) is 64.0 Å². The lowest BCUT2D eigenvalue weighted by atomic mass is 10.1. The van der Waals surface area contributed by atoms with Crippen LogP contribution in [-0.2, 0) is 21.2 Å². The van der Waals surface area contributed by atoms with Crippen LogP contribution >= 0.6 is 0 Å². The highest BCUT2D eigenvalue weighted by atomic mass is 32.2. The summed E-state index contributed by atoms with van der Waals surface area (Å²) in [5, 5.41) is 6.39. The zero-order valence-corrected chi connectivity index (χ0v) is 16.4. The number of carbonyl (C=O) groups excluding carboxylic acids is 1. The zero-order chi connectivity index (χ0) is 20.1. The minimum absolute atomic E-state index is 0.0609. The third kappa shape index (κ3) is 5.20. The van der Waals surface area contributed by atoms with E-state index in [0.717, 1.165) is 5.56 Å². The van der Waals surface area contributed by atoms with E-state index in [2.05, 4.69) is 15.2 Å². The number of aromatic nitrogens is 1. The lowest BCUT2D eigenvalue weighted by molar-refractivity contribution is -0.116. The van der Waals surface area contributed by atoms with Gasteiger partial charge in [-0.25, -0.2) is 8.42 Å². The van der Waals surface area contributed by atoms with Crippen molar-refractivity contribution in [2.75, 3.05) is 10.0 Å². The van der Waals surface area contributed by atoms with E-state index in [0.29, 0.717) is 24.3 Å². The number of carbonyl (C=O) groups is 1. The number of nitrogens with zero attached hydrogens (tertiary/aromatic N) is 1. The van der Waals surface area contributed by atoms with Crippen LogP contribution < -0.4 is 10.0 Å². The molecule has 0 saturated heterocycles. The van der Waals surface area contributed by atoms with E-state index >= 15 is 0 Å². The van der Waals surface area contributed by atoms with Crippen LogP contribution in [-0.4, -0.2) is 19.5 Å². The van der Waals surface area contributed by atoms with Crippen molar-refractivity contribution in [3.05, 3.63) is 71.5 Å². The fraction of sp³-hybridized carbons (Fsp3) is 0.200. The van der Waals surface area contributed by atoms with Gasteiger partial charge in [0.25, 0.3) is 10.0 Å². The molecule has 0 fully saturated rings. The Kier molecular flexibility index (Phi) is 5.79. The third-order valence-corrected chi connectivity index (χ3v) is 5.45. The molecule has 0 bridgehead atoms. The average molecular weight is 399 g/mol. The van der Waals surface area contributed by atoms with E-state index in [1.54, 1.807) is 19.1 Å². The molecule has 3 rings (SSSR count). The Labute approximate surface area is 163 Å². The summed E-state index contributed by atoms with van der Waals surface area (Å²) in [4.78, 5) is 12.2. The molecule has 3 aromatic rings. The molecule has 0 aliphatic rings.